The molecule has 0 fully saturated rings. The molecular weight excluding hydrogens is 280 g/mol. The zero-order valence-electron chi connectivity index (χ0n) is 13.6. The molecule has 0 bridgehead atoms. The lowest BCUT2D eigenvalue weighted by molar-refractivity contribution is -0.483. The average Bonchev–Trinajstić information content (AvgIpc) is 2.70. The lowest BCUT2D eigenvalue weighted by atomic mass is 10.1. The van der Waals surface area contributed by atoms with Crippen molar-refractivity contribution in [2.45, 2.75) is 27.7 Å². The first-order valence-corrected chi connectivity index (χ1v) is 7.10. The van der Waals surface area contributed by atoms with Gasteiger partial charge in [-0.25, -0.2) is 4.68 Å². The molecule has 22 heavy (non-hydrogen) atoms. The van der Waals surface area contributed by atoms with Crippen LogP contribution in [0.5, 0.6) is 0 Å². The van der Waals surface area contributed by atoms with Gasteiger partial charge in [0.2, 0.25) is 0 Å². The highest BCUT2D eigenvalue weighted by atomic mass is 16.1. The number of carbonyl (C=O) groups is 1. The fraction of sp³-hybridized carbons (Fsp3) is 0.375. The van der Waals surface area contributed by atoms with Crippen molar-refractivity contribution < 1.29 is 9.49 Å². The highest BCUT2D eigenvalue weighted by molar-refractivity contribution is 5.77. The van der Waals surface area contributed by atoms with Crippen LogP contribution in [0.4, 0.5) is 5.69 Å². The maximum atomic E-state index is 12.6. The van der Waals surface area contributed by atoms with Crippen molar-refractivity contribution >= 4 is 11.5 Å². The number of aryl methyl sites for hydroxylation is 3. The van der Waals surface area contributed by atoms with E-state index in [9.17, 15) is 9.59 Å². The van der Waals surface area contributed by atoms with Gasteiger partial charge in [-0.15, -0.1) is 0 Å². The summed E-state index contributed by atoms with van der Waals surface area (Å²) in [5, 5.41) is 7.18. The molecule has 1 aromatic carbocycles. The van der Waals surface area contributed by atoms with E-state index < -0.39 is 0 Å². The van der Waals surface area contributed by atoms with Crippen molar-refractivity contribution in [1.29, 1.82) is 0 Å². The number of carbonyl (C=O) groups excluding carboxylic acids is 1. The van der Waals surface area contributed by atoms with Gasteiger partial charge in [-0.3, -0.25) is 14.7 Å². The van der Waals surface area contributed by atoms with Gasteiger partial charge in [0.1, 0.15) is 5.69 Å². The molecule has 0 spiro atoms. The Bertz CT molecular complexity index is 792. The maximum absolute atomic E-state index is 12.6. The predicted octanol–water partition coefficient (Wildman–Crippen LogP) is 2.41. The summed E-state index contributed by atoms with van der Waals surface area (Å²) in [4.78, 5) is 23.7. The molecule has 0 atom stereocenters. The normalized spacial score (nSPS) is 11.8. The van der Waals surface area contributed by atoms with Crippen molar-refractivity contribution in [1.82, 2.24) is 9.78 Å². The second-order valence-electron chi connectivity index (χ2n) is 5.60. The van der Waals surface area contributed by atoms with E-state index in [-0.39, 0.29) is 17.9 Å². The summed E-state index contributed by atoms with van der Waals surface area (Å²) < 4.78 is 2.97. The third-order valence-electron chi connectivity index (χ3n) is 3.33. The van der Waals surface area contributed by atoms with E-state index in [0.717, 1.165) is 16.8 Å². The quantitative estimate of drug-likeness (QED) is 0.696. The van der Waals surface area contributed by atoms with Gasteiger partial charge < -0.3 is 0 Å². The molecule has 0 aliphatic heterocycles. The molecule has 0 unspecified atom stereocenters. The number of hydrogen-bond acceptors (Lipinski definition) is 3. The Labute approximate surface area is 129 Å². The first-order valence-electron chi connectivity index (χ1n) is 7.10. The van der Waals surface area contributed by atoms with Crippen LogP contribution in [0, 0.1) is 20.8 Å². The van der Waals surface area contributed by atoms with E-state index in [2.05, 4.69) is 16.3 Å². The summed E-state index contributed by atoms with van der Waals surface area (Å²) in [5.41, 5.74) is 3.93. The third-order valence-corrected chi connectivity index (χ3v) is 3.33. The van der Waals surface area contributed by atoms with E-state index in [1.165, 1.54) is 16.3 Å². The molecule has 0 amide bonds. The molecule has 0 radical (unpaired) electrons. The monoisotopic (exact) mass is 301 g/mol. The lowest BCUT2D eigenvalue weighted by Gasteiger charge is -2.04. The summed E-state index contributed by atoms with van der Waals surface area (Å²) in [6.07, 6.45) is 0. The number of rotatable bonds is 4. The standard InChI is InChI=1S/C16H20N4O2/c1-10-6-11(2)8-14(7-10)20-16(22)15(13(4)18-20)19(5)17-9-12(3)21/h6-8H,9H2,1-5H3/p+1. The summed E-state index contributed by atoms with van der Waals surface area (Å²) in [6.45, 7) is 7.33. The number of nitrogens with one attached hydrogen (secondary N) is 1. The minimum Gasteiger partial charge on any atom is -0.298 e. The minimum absolute atomic E-state index is 0.0466. The van der Waals surface area contributed by atoms with Crippen molar-refractivity contribution in [3.63, 3.8) is 0 Å². The molecule has 0 aliphatic carbocycles. The van der Waals surface area contributed by atoms with Gasteiger partial charge in [-0.2, -0.15) is 0 Å². The van der Waals surface area contributed by atoms with Gasteiger partial charge in [0, 0.05) is 0 Å². The zero-order valence-corrected chi connectivity index (χ0v) is 13.6. The Balaban J connectivity index is 2.54. The number of nitrogens with zero attached hydrogens (tertiary/aromatic N) is 3. The second-order valence-corrected chi connectivity index (χ2v) is 5.60. The molecule has 0 aliphatic rings. The van der Waals surface area contributed by atoms with Crippen LogP contribution < -0.4 is 5.56 Å². The molecule has 6 heteroatoms. The van der Waals surface area contributed by atoms with Gasteiger partial charge in [0.05, 0.1) is 5.69 Å². The first kappa shape index (κ1) is 15.9. The van der Waals surface area contributed by atoms with Gasteiger partial charge in [0.15, 0.2) is 19.4 Å². The SMILES string of the molecule is CC(=O)CN=[N+](C)c1c(C)[nH]n(-c2cc(C)cc(C)c2)c1=O. The van der Waals surface area contributed by atoms with Crippen molar-refractivity contribution in [3.05, 3.63) is 45.4 Å². The molecule has 2 rings (SSSR count). The number of ketones is 1. The van der Waals surface area contributed by atoms with Crippen molar-refractivity contribution in [3.8, 4) is 5.69 Å². The van der Waals surface area contributed by atoms with Crippen LogP contribution in [0.2, 0.25) is 0 Å². The Morgan fingerprint density at radius 3 is 2.36 bits per heavy atom. The van der Waals surface area contributed by atoms with E-state index in [1.54, 1.807) is 7.05 Å². The number of hydrogen-bond donors (Lipinski definition) is 1. The fourth-order valence-electron chi connectivity index (χ4n) is 2.46. The summed E-state index contributed by atoms with van der Waals surface area (Å²) in [6, 6.07) is 5.95. The maximum Gasteiger partial charge on any atom is 0.346 e. The largest absolute Gasteiger partial charge is 0.346 e. The minimum atomic E-state index is -0.183. The van der Waals surface area contributed by atoms with Crippen LogP contribution in [0.25, 0.3) is 5.69 Å². The number of benzene rings is 1. The highest BCUT2D eigenvalue weighted by Gasteiger charge is 2.22. The Morgan fingerprint density at radius 2 is 1.82 bits per heavy atom. The summed E-state index contributed by atoms with van der Waals surface area (Å²) >= 11 is 0. The van der Waals surface area contributed by atoms with Crippen LogP contribution in [0.3, 0.4) is 0 Å². The Morgan fingerprint density at radius 1 is 1.23 bits per heavy atom. The number of aromatic nitrogens is 2. The molecule has 116 valence electrons. The molecule has 1 aromatic heterocycles. The zero-order chi connectivity index (χ0) is 16.4. The molecule has 0 saturated heterocycles. The molecule has 0 saturated carbocycles. The Kier molecular flexibility index (Phi) is 4.40. The van der Waals surface area contributed by atoms with E-state index >= 15 is 0 Å². The van der Waals surface area contributed by atoms with Gasteiger partial charge in [0.25, 0.3) is 0 Å². The van der Waals surface area contributed by atoms with Crippen LogP contribution >= 0.6 is 0 Å². The first-order chi connectivity index (χ1) is 10.3. The summed E-state index contributed by atoms with van der Waals surface area (Å²) in [5.74, 6) is -0.0466. The highest BCUT2D eigenvalue weighted by Crippen LogP contribution is 2.16. The topological polar surface area (TPSA) is 70.2 Å². The van der Waals surface area contributed by atoms with E-state index in [1.807, 2.05) is 32.9 Å². The van der Waals surface area contributed by atoms with Crippen molar-refractivity contribution in [2.24, 2.45) is 5.11 Å². The van der Waals surface area contributed by atoms with Gasteiger partial charge in [-0.1, -0.05) is 10.8 Å². The van der Waals surface area contributed by atoms with E-state index in [0.29, 0.717) is 11.4 Å². The third kappa shape index (κ3) is 3.21. The van der Waals surface area contributed by atoms with E-state index in [4.69, 9.17) is 0 Å². The average molecular weight is 301 g/mol. The molecule has 1 N–H and O–H groups in total. The molecular formula is C16H21N4O2+. The number of Topliss-reactive ketones (excluding diaryl/α,β-unsaturated/α-hetero) is 1. The van der Waals surface area contributed by atoms with Crippen LogP contribution in [-0.4, -0.2) is 33.9 Å². The summed E-state index contributed by atoms with van der Waals surface area (Å²) in [7, 11) is 1.67. The number of azo groups is 2. The fourth-order valence-corrected chi connectivity index (χ4v) is 2.46. The Hall–Kier alpha value is -2.50. The molecule has 6 nitrogen and oxygen atoms in total. The molecule has 1 heterocycles. The molecule has 2 aromatic rings. The smallest absolute Gasteiger partial charge is 0.298 e. The van der Waals surface area contributed by atoms with Crippen LogP contribution in [0.1, 0.15) is 23.7 Å². The lowest BCUT2D eigenvalue weighted by Crippen LogP contribution is -2.18. The number of aromatic amines is 1. The van der Waals surface area contributed by atoms with Crippen LogP contribution in [0.15, 0.2) is 28.1 Å². The van der Waals surface area contributed by atoms with Gasteiger partial charge in [-0.05, 0) is 56.1 Å². The predicted molar refractivity (Wildman–Crippen MR) is 84.4 cm³/mol. The number of H-pyrrole nitrogens is 1. The van der Waals surface area contributed by atoms with Gasteiger partial charge >= 0.3 is 11.2 Å². The van der Waals surface area contributed by atoms with Crippen molar-refractivity contribution in [2.75, 3.05) is 13.6 Å². The van der Waals surface area contributed by atoms with Crippen LogP contribution in [-0.2, 0) is 4.79 Å². The second kappa shape index (κ2) is 6.09.